The van der Waals surface area contributed by atoms with Crippen LogP contribution in [0, 0.1) is 0 Å². The van der Waals surface area contributed by atoms with Crippen LogP contribution >= 0.6 is 0 Å². The highest BCUT2D eigenvalue weighted by atomic mass is 16.4. The second-order valence-corrected chi connectivity index (χ2v) is 8.66. The van der Waals surface area contributed by atoms with Crippen molar-refractivity contribution < 1.29 is 9.90 Å². The van der Waals surface area contributed by atoms with Crippen molar-refractivity contribution in [1.82, 2.24) is 24.3 Å². The Labute approximate surface area is 196 Å². The first-order valence-corrected chi connectivity index (χ1v) is 11.3. The lowest BCUT2D eigenvalue weighted by Gasteiger charge is -2.34. The molecule has 1 aromatic carbocycles. The van der Waals surface area contributed by atoms with Gasteiger partial charge < -0.3 is 14.9 Å². The van der Waals surface area contributed by atoms with Crippen LogP contribution in [0.25, 0.3) is 28.0 Å². The topological polar surface area (TPSA) is 96.0 Å². The molecule has 1 saturated heterocycles. The molecule has 9 heteroatoms. The number of benzene rings is 1. The molecule has 9 nitrogen and oxygen atoms in total. The number of piperazine rings is 1. The molecular weight excluding hydrogens is 432 g/mol. The number of fused-ring (bicyclic) bond motifs is 1. The number of carboxylic acid groups (broad SMARTS) is 1. The fourth-order valence-corrected chi connectivity index (χ4v) is 4.37. The van der Waals surface area contributed by atoms with Gasteiger partial charge in [0.1, 0.15) is 5.69 Å². The highest BCUT2D eigenvalue weighted by Crippen LogP contribution is 2.35. The van der Waals surface area contributed by atoms with Gasteiger partial charge in [0.05, 0.1) is 22.8 Å². The average Bonchev–Trinajstić information content (AvgIpc) is 3.23. The molecule has 0 bridgehead atoms. The third-order valence-corrected chi connectivity index (χ3v) is 6.15. The number of hydrogen-bond donors (Lipinski definition) is 1. The summed E-state index contributed by atoms with van der Waals surface area (Å²) in [6.45, 7) is 6.02. The highest BCUT2D eigenvalue weighted by molar-refractivity contribution is 5.91. The van der Waals surface area contributed by atoms with E-state index in [1.54, 1.807) is 12.1 Å². The Bertz CT molecular complexity index is 1400. The SMILES string of the molecule is CC(C)n1nc(-c2c(-c3ccccc3)nn3ccc(N4CCN(C(=O)O)CC4)cc23)ccc1=O. The Balaban J connectivity index is 1.65. The van der Waals surface area contributed by atoms with Gasteiger partial charge in [-0.3, -0.25) is 4.79 Å². The van der Waals surface area contributed by atoms with Gasteiger partial charge in [0.15, 0.2) is 0 Å². The molecule has 0 spiro atoms. The van der Waals surface area contributed by atoms with Gasteiger partial charge in [0.2, 0.25) is 0 Å². The fourth-order valence-electron chi connectivity index (χ4n) is 4.37. The zero-order valence-corrected chi connectivity index (χ0v) is 19.1. The van der Waals surface area contributed by atoms with E-state index >= 15 is 0 Å². The van der Waals surface area contributed by atoms with Crippen LogP contribution in [0.15, 0.2) is 65.6 Å². The number of anilines is 1. The molecule has 174 valence electrons. The molecular formula is C25H26N6O3. The Morgan fingerprint density at radius 3 is 2.38 bits per heavy atom. The van der Waals surface area contributed by atoms with Gasteiger partial charge >= 0.3 is 6.09 Å². The normalized spacial score (nSPS) is 14.2. The van der Waals surface area contributed by atoms with Gasteiger partial charge in [-0.15, -0.1) is 0 Å². The molecule has 4 aromatic rings. The van der Waals surface area contributed by atoms with Gasteiger partial charge in [-0.25, -0.2) is 14.0 Å². The van der Waals surface area contributed by atoms with Crippen LogP contribution in [-0.4, -0.2) is 61.7 Å². The van der Waals surface area contributed by atoms with E-state index in [1.165, 1.54) is 9.58 Å². The van der Waals surface area contributed by atoms with E-state index in [4.69, 9.17) is 5.10 Å². The van der Waals surface area contributed by atoms with Crippen LogP contribution in [0.2, 0.25) is 0 Å². The maximum Gasteiger partial charge on any atom is 0.407 e. The molecule has 0 unspecified atom stereocenters. The Morgan fingerprint density at radius 2 is 1.71 bits per heavy atom. The Kier molecular flexibility index (Phi) is 5.53. The first-order chi connectivity index (χ1) is 16.4. The third-order valence-electron chi connectivity index (χ3n) is 6.15. The molecule has 1 aliphatic rings. The lowest BCUT2D eigenvalue weighted by Crippen LogP contribution is -2.48. The summed E-state index contributed by atoms with van der Waals surface area (Å²) >= 11 is 0. The first kappa shape index (κ1) is 21.7. The monoisotopic (exact) mass is 458 g/mol. The van der Waals surface area contributed by atoms with E-state index in [0.717, 1.165) is 28.0 Å². The molecule has 0 radical (unpaired) electrons. The van der Waals surface area contributed by atoms with Gasteiger partial charge in [0.25, 0.3) is 5.56 Å². The number of aromatic nitrogens is 4. The Morgan fingerprint density at radius 1 is 0.971 bits per heavy atom. The van der Waals surface area contributed by atoms with Crippen molar-refractivity contribution in [3.05, 3.63) is 71.1 Å². The number of hydrogen-bond acceptors (Lipinski definition) is 5. The number of amides is 1. The summed E-state index contributed by atoms with van der Waals surface area (Å²) in [4.78, 5) is 27.3. The molecule has 0 atom stereocenters. The predicted octanol–water partition coefficient (Wildman–Crippen LogP) is 3.61. The van der Waals surface area contributed by atoms with Crippen LogP contribution in [0.5, 0.6) is 0 Å². The van der Waals surface area contributed by atoms with E-state index in [-0.39, 0.29) is 11.6 Å². The summed E-state index contributed by atoms with van der Waals surface area (Å²) in [6, 6.07) is 17.2. The molecule has 0 saturated carbocycles. The van der Waals surface area contributed by atoms with Crippen LogP contribution in [0.4, 0.5) is 10.5 Å². The molecule has 1 amide bonds. The zero-order chi connectivity index (χ0) is 23.8. The lowest BCUT2D eigenvalue weighted by molar-refractivity contribution is 0.142. The Hall–Kier alpha value is -4.14. The largest absolute Gasteiger partial charge is 0.465 e. The standard InChI is InChI=1S/C25H26N6O3/c1-17(2)31-22(32)9-8-20(26-31)23-21-16-19(28-12-14-29(15-13-28)25(33)34)10-11-30(21)27-24(23)18-6-4-3-5-7-18/h3-11,16-17H,12-15H2,1-2H3,(H,33,34). The minimum Gasteiger partial charge on any atom is -0.465 e. The van der Waals surface area contributed by atoms with Crippen molar-refractivity contribution in [1.29, 1.82) is 0 Å². The van der Waals surface area contributed by atoms with Crippen molar-refractivity contribution in [3.63, 3.8) is 0 Å². The summed E-state index contributed by atoms with van der Waals surface area (Å²) < 4.78 is 3.32. The van der Waals surface area contributed by atoms with E-state index in [2.05, 4.69) is 16.1 Å². The fraction of sp³-hybridized carbons (Fsp3) is 0.280. The summed E-state index contributed by atoms with van der Waals surface area (Å²) in [5, 5.41) is 18.8. The maximum absolute atomic E-state index is 12.4. The van der Waals surface area contributed by atoms with E-state index in [0.29, 0.717) is 31.9 Å². The molecule has 0 aliphatic carbocycles. The number of nitrogens with zero attached hydrogens (tertiary/aromatic N) is 6. The predicted molar refractivity (Wildman–Crippen MR) is 130 cm³/mol. The van der Waals surface area contributed by atoms with E-state index < -0.39 is 6.09 Å². The van der Waals surface area contributed by atoms with Crippen molar-refractivity contribution in [2.75, 3.05) is 31.1 Å². The quantitative estimate of drug-likeness (QED) is 0.502. The number of pyridine rings is 1. The molecule has 3 aromatic heterocycles. The number of rotatable bonds is 4. The number of carbonyl (C=O) groups is 1. The molecule has 1 N–H and O–H groups in total. The lowest BCUT2D eigenvalue weighted by atomic mass is 10.0. The van der Waals surface area contributed by atoms with Crippen LogP contribution in [0.1, 0.15) is 19.9 Å². The second kappa shape index (κ2) is 8.66. The zero-order valence-electron chi connectivity index (χ0n) is 19.1. The smallest absolute Gasteiger partial charge is 0.407 e. The van der Waals surface area contributed by atoms with Crippen molar-refractivity contribution >= 4 is 17.3 Å². The first-order valence-electron chi connectivity index (χ1n) is 11.3. The van der Waals surface area contributed by atoms with Crippen molar-refractivity contribution in [3.8, 4) is 22.5 Å². The maximum atomic E-state index is 12.4. The summed E-state index contributed by atoms with van der Waals surface area (Å²) in [6.07, 6.45) is 1.04. The van der Waals surface area contributed by atoms with Gasteiger partial charge in [0, 0.05) is 49.7 Å². The van der Waals surface area contributed by atoms with Crippen LogP contribution in [0.3, 0.4) is 0 Å². The van der Waals surface area contributed by atoms with E-state index in [1.807, 2.05) is 61.0 Å². The highest BCUT2D eigenvalue weighted by Gasteiger charge is 2.23. The van der Waals surface area contributed by atoms with Gasteiger partial charge in [-0.05, 0) is 32.0 Å². The summed E-state index contributed by atoms with van der Waals surface area (Å²) in [7, 11) is 0. The van der Waals surface area contributed by atoms with E-state index in [9.17, 15) is 14.7 Å². The second-order valence-electron chi connectivity index (χ2n) is 8.66. The molecule has 5 rings (SSSR count). The molecule has 34 heavy (non-hydrogen) atoms. The van der Waals surface area contributed by atoms with Crippen LogP contribution in [-0.2, 0) is 0 Å². The van der Waals surface area contributed by atoms with Crippen LogP contribution < -0.4 is 10.5 Å². The van der Waals surface area contributed by atoms with Crippen molar-refractivity contribution in [2.45, 2.75) is 19.9 Å². The van der Waals surface area contributed by atoms with Gasteiger partial charge in [-0.2, -0.15) is 10.2 Å². The molecule has 4 heterocycles. The minimum absolute atomic E-state index is 0.0736. The summed E-state index contributed by atoms with van der Waals surface area (Å²) in [5.41, 5.74) is 5.00. The van der Waals surface area contributed by atoms with Gasteiger partial charge in [-0.1, -0.05) is 30.3 Å². The third kappa shape index (κ3) is 3.89. The minimum atomic E-state index is -0.882. The summed E-state index contributed by atoms with van der Waals surface area (Å²) in [5.74, 6) is 0. The average molecular weight is 459 g/mol. The molecule has 1 fully saturated rings. The molecule has 1 aliphatic heterocycles. The van der Waals surface area contributed by atoms with Crippen molar-refractivity contribution in [2.24, 2.45) is 0 Å².